The van der Waals surface area contributed by atoms with E-state index >= 15 is 0 Å². The third kappa shape index (κ3) is 5.54. The zero-order valence-corrected chi connectivity index (χ0v) is 24.4. The molecule has 5 aromatic rings. The summed E-state index contributed by atoms with van der Waals surface area (Å²) in [5, 5.41) is 16.2. The second-order valence-corrected chi connectivity index (χ2v) is 11.6. The van der Waals surface area contributed by atoms with Crippen LogP contribution in [0.15, 0.2) is 119 Å². The van der Waals surface area contributed by atoms with Gasteiger partial charge in [-0.2, -0.15) is 0 Å². The Morgan fingerprint density at radius 1 is 0.927 bits per heavy atom. The van der Waals surface area contributed by atoms with Crippen molar-refractivity contribution in [2.75, 3.05) is 4.90 Å². The molecule has 0 bridgehead atoms. The van der Waals surface area contributed by atoms with Gasteiger partial charge in [0.05, 0.1) is 27.4 Å². The number of hydrogen-bond acceptors (Lipinski definition) is 5. The summed E-state index contributed by atoms with van der Waals surface area (Å²) in [5.74, 6) is 0. The van der Waals surface area contributed by atoms with Crippen molar-refractivity contribution in [2.24, 2.45) is 0 Å². The average molecular weight is 619 g/mol. The van der Waals surface area contributed by atoms with Crippen LogP contribution in [0.5, 0.6) is 0 Å². The van der Waals surface area contributed by atoms with Crippen LogP contribution in [-0.4, -0.2) is 19.6 Å². The van der Waals surface area contributed by atoms with Gasteiger partial charge in [0.15, 0.2) is 5.11 Å². The molecule has 2 atom stereocenters. The zero-order valence-electron chi connectivity index (χ0n) is 21.2. The minimum absolute atomic E-state index is 0.0675. The molecule has 0 radical (unpaired) electrons. The number of hydrogen-bond donors (Lipinski definition) is 1. The van der Waals surface area contributed by atoms with Gasteiger partial charge in [0.1, 0.15) is 6.04 Å². The third-order valence-electron chi connectivity index (χ3n) is 6.75. The Morgan fingerprint density at radius 2 is 1.66 bits per heavy atom. The number of nitrogens with zero attached hydrogens (tertiary/aromatic N) is 4. The molecule has 41 heavy (non-hydrogen) atoms. The van der Waals surface area contributed by atoms with Gasteiger partial charge in [-0.25, -0.2) is 0 Å². The molecule has 1 fully saturated rings. The number of non-ortho nitro benzene ring substituents is 1. The summed E-state index contributed by atoms with van der Waals surface area (Å²) >= 11 is 20.3. The number of pyridine rings is 1. The molecular formula is C30H21Cl2N5O2S2. The van der Waals surface area contributed by atoms with Crippen LogP contribution in [-0.2, 0) is 0 Å². The van der Waals surface area contributed by atoms with Crippen LogP contribution in [0.2, 0.25) is 10.0 Å². The normalized spacial score (nSPS) is 16.5. The maximum Gasteiger partial charge on any atom is 0.269 e. The molecule has 1 aliphatic rings. The lowest BCUT2D eigenvalue weighted by Gasteiger charge is -2.29. The van der Waals surface area contributed by atoms with E-state index in [0.717, 1.165) is 32.6 Å². The summed E-state index contributed by atoms with van der Waals surface area (Å²) in [6, 6.07) is 29.5. The van der Waals surface area contributed by atoms with Crippen molar-refractivity contribution in [3.8, 4) is 5.69 Å². The molecule has 1 N–H and O–H groups in total. The van der Waals surface area contributed by atoms with Crippen molar-refractivity contribution < 1.29 is 4.92 Å². The maximum absolute atomic E-state index is 11.0. The second-order valence-electron chi connectivity index (χ2n) is 9.24. The van der Waals surface area contributed by atoms with Gasteiger partial charge < -0.3 is 14.8 Å². The lowest BCUT2D eigenvalue weighted by molar-refractivity contribution is -0.384. The van der Waals surface area contributed by atoms with E-state index in [4.69, 9.17) is 35.4 Å². The molecule has 0 aliphatic carbocycles. The quantitative estimate of drug-likeness (QED) is 0.112. The molecule has 11 heteroatoms. The molecule has 0 saturated carbocycles. The number of nitro benzene ring substituents is 1. The summed E-state index contributed by atoms with van der Waals surface area (Å²) < 4.78 is 2.06. The van der Waals surface area contributed by atoms with E-state index in [0.29, 0.717) is 15.2 Å². The highest BCUT2D eigenvalue weighted by atomic mass is 35.5. The number of halogens is 2. The van der Waals surface area contributed by atoms with E-state index in [1.54, 1.807) is 24.4 Å². The van der Waals surface area contributed by atoms with Gasteiger partial charge in [-0.15, -0.1) is 0 Å². The van der Waals surface area contributed by atoms with Crippen LogP contribution in [0.4, 0.5) is 11.4 Å². The highest BCUT2D eigenvalue weighted by Gasteiger charge is 2.42. The summed E-state index contributed by atoms with van der Waals surface area (Å²) in [4.78, 5) is 19.2. The van der Waals surface area contributed by atoms with Crippen LogP contribution in [0.1, 0.15) is 23.5 Å². The molecule has 0 amide bonds. The minimum Gasteiger partial charge on any atom is -0.351 e. The number of nitrogens with one attached hydrogen (secondary N) is 1. The number of rotatable bonds is 7. The lowest BCUT2D eigenvalue weighted by Crippen LogP contribution is -2.30. The van der Waals surface area contributed by atoms with Crippen LogP contribution in [0.3, 0.4) is 0 Å². The zero-order chi connectivity index (χ0) is 28.5. The van der Waals surface area contributed by atoms with E-state index < -0.39 is 4.92 Å². The minimum atomic E-state index is -0.401. The average Bonchev–Trinajstić information content (AvgIpc) is 3.58. The standard InChI is InChI=1S/C30H21Cl2N5O2S2/c31-19-6-15-26(24(32)18-19)35-17-3-5-27(35)29-28(25-4-1-2-16-33-25)34-30(40)36(29)20-7-11-22(12-8-20)41-23-13-9-21(10-14-23)37(38)39/h1-18,28-29H,(H,34,40). The van der Waals surface area contributed by atoms with Crippen LogP contribution >= 0.6 is 47.2 Å². The van der Waals surface area contributed by atoms with E-state index in [-0.39, 0.29) is 17.8 Å². The van der Waals surface area contributed by atoms with Crippen molar-refractivity contribution >= 4 is 63.7 Å². The fourth-order valence-corrected chi connectivity index (χ4v) is 6.57. The Morgan fingerprint density at radius 3 is 2.32 bits per heavy atom. The molecule has 0 spiro atoms. The summed E-state index contributed by atoms with van der Waals surface area (Å²) in [6.07, 6.45) is 3.75. The van der Waals surface area contributed by atoms with Crippen molar-refractivity contribution in [2.45, 2.75) is 21.9 Å². The van der Waals surface area contributed by atoms with E-state index in [2.05, 4.69) is 25.8 Å². The number of aromatic nitrogens is 2. The van der Waals surface area contributed by atoms with Crippen LogP contribution < -0.4 is 10.2 Å². The highest BCUT2D eigenvalue weighted by Crippen LogP contribution is 2.43. The Balaban J connectivity index is 1.37. The first-order valence-corrected chi connectivity index (χ1v) is 14.5. The summed E-state index contributed by atoms with van der Waals surface area (Å²) in [7, 11) is 0. The van der Waals surface area contributed by atoms with E-state index in [9.17, 15) is 10.1 Å². The van der Waals surface area contributed by atoms with E-state index in [1.807, 2.05) is 66.9 Å². The smallest absolute Gasteiger partial charge is 0.269 e. The summed E-state index contributed by atoms with van der Waals surface area (Å²) in [5.41, 5.74) is 3.62. The largest absolute Gasteiger partial charge is 0.351 e. The Hall–Kier alpha value is -3.89. The third-order valence-corrected chi connectivity index (χ3v) is 8.62. The first kappa shape index (κ1) is 27.3. The number of nitro groups is 1. The fraction of sp³-hybridized carbons (Fsp3) is 0.0667. The lowest BCUT2D eigenvalue weighted by atomic mass is 10.0. The van der Waals surface area contributed by atoms with Crippen molar-refractivity contribution in [1.82, 2.24) is 14.9 Å². The Kier molecular flexibility index (Phi) is 7.68. The van der Waals surface area contributed by atoms with Gasteiger partial charge >= 0.3 is 0 Å². The maximum atomic E-state index is 11.0. The molecule has 7 nitrogen and oxygen atoms in total. The van der Waals surface area contributed by atoms with Crippen molar-refractivity contribution in [3.63, 3.8) is 0 Å². The molecule has 1 aliphatic heterocycles. The topological polar surface area (TPSA) is 76.2 Å². The van der Waals surface area contributed by atoms with Crippen molar-refractivity contribution in [3.05, 3.63) is 141 Å². The molecule has 2 aromatic heterocycles. The first-order chi connectivity index (χ1) is 19.9. The number of thiocarbonyl (C=S) groups is 1. The molecule has 204 valence electrons. The predicted octanol–water partition coefficient (Wildman–Crippen LogP) is 8.42. The van der Waals surface area contributed by atoms with Crippen LogP contribution in [0, 0.1) is 10.1 Å². The molecular weight excluding hydrogens is 597 g/mol. The van der Waals surface area contributed by atoms with Gasteiger partial charge in [0.2, 0.25) is 0 Å². The predicted molar refractivity (Wildman–Crippen MR) is 167 cm³/mol. The molecule has 3 aromatic carbocycles. The monoisotopic (exact) mass is 617 g/mol. The number of benzene rings is 3. The molecule has 1 saturated heterocycles. The molecule has 6 rings (SSSR count). The van der Waals surface area contributed by atoms with Gasteiger partial charge in [-0.1, -0.05) is 41.0 Å². The number of anilines is 1. The fourth-order valence-electron chi connectivity index (χ4n) is 4.91. The molecule has 3 heterocycles. The van der Waals surface area contributed by atoms with Gasteiger partial charge in [0.25, 0.3) is 5.69 Å². The Labute approximate surface area is 255 Å². The Bertz CT molecular complexity index is 1730. The van der Waals surface area contributed by atoms with E-state index in [1.165, 1.54) is 23.9 Å². The molecule has 2 unspecified atom stereocenters. The second kappa shape index (κ2) is 11.5. The SMILES string of the molecule is O=[N+]([O-])c1ccc(Sc2ccc(N3C(=S)NC(c4ccccn4)C3c3cccn3-c3ccc(Cl)cc3Cl)cc2)cc1. The van der Waals surface area contributed by atoms with Gasteiger partial charge in [0, 0.05) is 50.7 Å². The van der Waals surface area contributed by atoms with Gasteiger partial charge in [-0.05, 0) is 91.1 Å². The van der Waals surface area contributed by atoms with Crippen LogP contribution in [0.25, 0.3) is 5.69 Å². The first-order valence-electron chi connectivity index (χ1n) is 12.5. The van der Waals surface area contributed by atoms with Crippen molar-refractivity contribution in [1.29, 1.82) is 0 Å². The summed E-state index contributed by atoms with van der Waals surface area (Å²) in [6.45, 7) is 0. The highest BCUT2D eigenvalue weighted by molar-refractivity contribution is 7.99. The van der Waals surface area contributed by atoms with Gasteiger partial charge in [-0.3, -0.25) is 15.1 Å².